The number of benzene rings is 2. The van der Waals surface area contributed by atoms with Crippen LogP contribution in [0.4, 0.5) is 5.95 Å². The number of hydrogen-bond acceptors (Lipinski definition) is 5. The van der Waals surface area contributed by atoms with Crippen LogP contribution in [0.25, 0.3) is 16.6 Å². The molecule has 4 rings (SSSR count). The molecule has 0 bridgehead atoms. The molecule has 4 aromatic rings. The van der Waals surface area contributed by atoms with Crippen LogP contribution in [0.2, 0.25) is 0 Å². The molecule has 27 heavy (non-hydrogen) atoms. The second-order valence-corrected chi connectivity index (χ2v) is 6.27. The molecular weight excluding hydrogens is 340 g/mol. The lowest BCUT2D eigenvalue weighted by Gasteiger charge is -2.15. The second kappa shape index (κ2) is 6.92. The van der Waals surface area contributed by atoms with E-state index in [9.17, 15) is 4.79 Å². The Morgan fingerprint density at radius 3 is 2.74 bits per heavy atom. The number of furan rings is 1. The molecule has 0 fully saturated rings. The fourth-order valence-corrected chi connectivity index (χ4v) is 3.01. The van der Waals surface area contributed by atoms with E-state index >= 15 is 0 Å². The molecule has 2 aromatic carbocycles. The van der Waals surface area contributed by atoms with Gasteiger partial charge in [0.2, 0.25) is 5.95 Å². The fraction of sp³-hybridized carbons (Fsp3) is 0.0952. The van der Waals surface area contributed by atoms with Crippen LogP contribution >= 0.6 is 0 Å². The lowest BCUT2D eigenvalue weighted by molar-refractivity contribution is 0.560. The van der Waals surface area contributed by atoms with Crippen molar-refractivity contribution in [3.05, 3.63) is 88.1 Å². The summed E-state index contributed by atoms with van der Waals surface area (Å²) in [6.45, 7) is 3.99. The summed E-state index contributed by atoms with van der Waals surface area (Å²) in [5.41, 5.74) is 6.22. The van der Waals surface area contributed by atoms with Crippen LogP contribution in [0.15, 0.2) is 75.2 Å². The van der Waals surface area contributed by atoms with E-state index in [1.165, 1.54) is 6.21 Å². The molecule has 6 heteroatoms. The lowest BCUT2D eigenvalue weighted by Crippen LogP contribution is -2.23. The van der Waals surface area contributed by atoms with Gasteiger partial charge in [-0.3, -0.25) is 4.79 Å². The van der Waals surface area contributed by atoms with E-state index in [1.54, 1.807) is 29.0 Å². The maximum Gasteiger partial charge on any atom is 0.267 e. The molecule has 0 saturated heterocycles. The van der Waals surface area contributed by atoms with E-state index in [0.29, 0.717) is 22.6 Å². The van der Waals surface area contributed by atoms with Crippen LogP contribution in [0.1, 0.15) is 16.9 Å². The number of hydrogen-bond donors (Lipinski definition) is 1. The van der Waals surface area contributed by atoms with E-state index in [4.69, 9.17) is 4.42 Å². The summed E-state index contributed by atoms with van der Waals surface area (Å²) >= 11 is 0. The zero-order valence-electron chi connectivity index (χ0n) is 15.0. The normalized spacial score (nSPS) is 11.3. The highest BCUT2D eigenvalue weighted by atomic mass is 16.3. The first-order valence-electron chi connectivity index (χ1n) is 8.55. The number of para-hydroxylation sites is 1. The zero-order chi connectivity index (χ0) is 18.8. The summed E-state index contributed by atoms with van der Waals surface area (Å²) in [7, 11) is 0. The number of fused-ring (bicyclic) bond motifs is 1. The van der Waals surface area contributed by atoms with Crippen molar-refractivity contribution in [3.63, 3.8) is 0 Å². The molecule has 0 spiro atoms. The van der Waals surface area contributed by atoms with E-state index in [0.717, 1.165) is 16.8 Å². The summed E-state index contributed by atoms with van der Waals surface area (Å²) in [6, 6.07) is 16.8. The van der Waals surface area contributed by atoms with Crippen LogP contribution < -0.4 is 11.0 Å². The number of anilines is 1. The number of nitrogens with one attached hydrogen (secondary N) is 1. The molecule has 0 aliphatic carbocycles. The van der Waals surface area contributed by atoms with Crippen molar-refractivity contribution in [2.75, 3.05) is 5.43 Å². The summed E-state index contributed by atoms with van der Waals surface area (Å²) < 4.78 is 6.79. The Morgan fingerprint density at radius 2 is 1.96 bits per heavy atom. The van der Waals surface area contributed by atoms with E-state index in [-0.39, 0.29) is 5.56 Å². The summed E-state index contributed by atoms with van der Waals surface area (Å²) in [5, 5.41) is 4.73. The minimum absolute atomic E-state index is 0.150. The van der Waals surface area contributed by atoms with Crippen LogP contribution in [-0.4, -0.2) is 15.8 Å². The maximum atomic E-state index is 13.2. The highest BCUT2D eigenvalue weighted by Crippen LogP contribution is 2.20. The van der Waals surface area contributed by atoms with Crippen molar-refractivity contribution < 1.29 is 4.42 Å². The predicted octanol–water partition coefficient (Wildman–Crippen LogP) is 4.04. The first-order chi connectivity index (χ1) is 13.1. The van der Waals surface area contributed by atoms with Gasteiger partial charge in [0.05, 0.1) is 29.1 Å². The minimum atomic E-state index is -0.150. The van der Waals surface area contributed by atoms with E-state index < -0.39 is 0 Å². The molecule has 6 nitrogen and oxygen atoms in total. The smallest absolute Gasteiger partial charge is 0.267 e. The second-order valence-electron chi connectivity index (χ2n) is 6.27. The van der Waals surface area contributed by atoms with Crippen molar-refractivity contribution in [2.45, 2.75) is 13.8 Å². The first kappa shape index (κ1) is 16.8. The number of aryl methyl sites for hydroxylation is 2. The molecule has 0 saturated carbocycles. The van der Waals surface area contributed by atoms with Gasteiger partial charge in [0.1, 0.15) is 5.76 Å². The molecule has 0 unspecified atom stereocenters. The standard InChI is InChI=1S/C21H18N4O2/c1-14-9-10-19(15(2)12-14)25-20(26)17-7-3-4-8-18(17)23-21(25)24-22-13-16-6-5-11-27-16/h3-13H,1-2H3,(H,23,24)/b22-13-. The van der Waals surface area contributed by atoms with Crippen LogP contribution in [0, 0.1) is 13.8 Å². The minimum Gasteiger partial charge on any atom is -0.463 e. The van der Waals surface area contributed by atoms with Gasteiger partial charge in [0.15, 0.2) is 0 Å². The monoisotopic (exact) mass is 358 g/mol. The average molecular weight is 358 g/mol. The van der Waals surface area contributed by atoms with Gasteiger partial charge in [0.25, 0.3) is 5.56 Å². The van der Waals surface area contributed by atoms with Crippen LogP contribution in [-0.2, 0) is 0 Å². The first-order valence-corrected chi connectivity index (χ1v) is 8.55. The molecule has 2 heterocycles. The Hall–Kier alpha value is -3.67. The highest BCUT2D eigenvalue weighted by molar-refractivity contribution is 5.80. The van der Waals surface area contributed by atoms with Gasteiger partial charge in [-0.15, -0.1) is 0 Å². The quantitative estimate of drug-likeness (QED) is 0.441. The average Bonchev–Trinajstić information content (AvgIpc) is 3.17. The van der Waals surface area contributed by atoms with Crippen molar-refractivity contribution in [1.29, 1.82) is 0 Å². The van der Waals surface area contributed by atoms with Crippen molar-refractivity contribution in [3.8, 4) is 5.69 Å². The Bertz CT molecular complexity index is 1190. The molecule has 0 aliphatic heterocycles. The summed E-state index contributed by atoms with van der Waals surface area (Å²) in [4.78, 5) is 17.8. The molecule has 0 amide bonds. The molecule has 2 aromatic heterocycles. The van der Waals surface area contributed by atoms with Gasteiger partial charge < -0.3 is 4.42 Å². The SMILES string of the molecule is Cc1ccc(-n2c(N/N=C\c3ccco3)nc3ccccc3c2=O)c(C)c1. The highest BCUT2D eigenvalue weighted by Gasteiger charge is 2.14. The topological polar surface area (TPSA) is 72.4 Å². The summed E-state index contributed by atoms with van der Waals surface area (Å²) in [6.07, 6.45) is 3.11. The molecule has 1 N–H and O–H groups in total. The van der Waals surface area contributed by atoms with Gasteiger partial charge >= 0.3 is 0 Å². The Morgan fingerprint density at radius 1 is 1.11 bits per heavy atom. The van der Waals surface area contributed by atoms with Crippen LogP contribution in [0.3, 0.4) is 0 Å². The molecule has 134 valence electrons. The fourth-order valence-electron chi connectivity index (χ4n) is 3.01. The third kappa shape index (κ3) is 3.25. The van der Waals surface area contributed by atoms with Gasteiger partial charge in [-0.05, 0) is 49.7 Å². The van der Waals surface area contributed by atoms with Crippen molar-refractivity contribution >= 4 is 23.1 Å². The largest absolute Gasteiger partial charge is 0.463 e. The van der Waals surface area contributed by atoms with Gasteiger partial charge in [-0.2, -0.15) is 5.10 Å². The molecule has 0 atom stereocenters. The zero-order valence-corrected chi connectivity index (χ0v) is 15.0. The number of aromatic nitrogens is 2. The van der Waals surface area contributed by atoms with E-state index in [2.05, 4.69) is 15.5 Å². The van der Waals surface area contributed by atoms with Crippen molar-refractivity contribution in [1.82, 2.24) is 9.55 Å². The van der Waals surface area contributed by atoms with Gasteiger partial charge in [-0.1, -0.05) is 29.8 Å². The number of nitrogens with zero attached hydrogens (tertiary/aromatic N) is 3. The molecule has 0 radical (unpaired) electrons. The lowest BCUT2D eigenvalue weighted by atomic mass is 10.1. The summed E-state index contributed by atoms with van der Waals surface area (Å²) in [5.74, 6) is 0.942. The predicted molar refractivity (Wildman–Crippen MR) is 107 cm³/mol. The number of hydrazone groups is 1. The van der Waals surface area contributed by atoms with E-state index in [1.807, 2.05) is 50.2 Å². The van der Waals surface area contributed by atoms with Crippen LogP contribution in [0.5, 0.6) is 0 Å². The third-order valence-electron chi connectivity index (χ3n) is 4.27. The van der Waals surface area contributed by atoms with Gasteiger partial charge in [-0.25, -0.2) is 15.0 Å². The Balaban J connectivity index is 1.89. The molecular formula is C21H18N4O2. The number of rotatable bonds is 4. The van der Waals surface area contributed by atoms with Crippen molar-refractivity contribution in [2.24, 2.45) is 5.10 Å². The Kier molecular flexibility index (Phi) is 4.30. The third-order valence-corrected chi connectivity index (χ3v) is 4.27. The molecule has 0 aliphatic rings. The van der Waals surface area contributed by atoms with Gasteiger partial charge in [0, 0.05) is 0 Å². The Labute approximate surface area is 155 Å². The maximum absolute atomic E-state index is 13.2.